The monoisotopic (exact) mass is 298 g/mol. The Bertz CT molecular complexity index is 532. The predicted molar refractivity (Wildman–Crippen MR) is 77.2 cm³/mol. The molecule has 0 fully saturated rings. The maximum atomic E-state index is 6.23. The van der Waals surface area contributed by atoms with Gasteiger partial charge in [-0.1, -0.05) is 11.6 Å². The SMILES string of the molecule is COc1cc(CCN)cc(Cl)c1OCc1nccs1. The van der Waals surface area contributed by atoms with Crippen molar-refractivity contribution in [2.75, 3.05) is 13.7 Å². The van der Waals surface area contributed by atoms with E-state index in [-0.39, 0.29) is 0 Å². The summed E-state index contributed by atoms with van der Waals surface area (Å²) in [6.45, 7) is 0.947. The number of nitrogens with zero attached hydrogens (tertiary/aromatic N) is 1. The van der Waals surface area contributed by atoms with Crippen molar-refractivity contribution in [3.8, 4) is 11.5 Å². The molecule has 0 aliphatic carbocycles. The van der Waals surface area contributed by atoms with E-state index >= 15 is 0 Å². The van der Waals surface area contributed by atoms with E-state index < -0.39 is 0 Å². The number of rotatable bonds is 6. The van der Waals surface area contributed by atoms with Crippen LogP contribution in [-0.4, -0.2) is 18.6 Å². The predicted octanol–water partition coefficient (Wildman–Crippen LogP) is 2.89. The van der Waals surface area contributed by atoms with Crippen LogP contribution in [-0.2, 0) is 13.0 Å². The third-order valence-electron chi connectivity index (χ3n) is 2.55. The molecule has 0 aliphatic heterocycles. The Morgan fingerprint density at radius 1 is 1.42 bits per heavy atom. The van der Waals surface area contributed by atoms with Crippen LogP contribution in [0.3, 0.4) is 0 Å². The molecule has 0 aliphatic rings. The zero-order valence-corrected chi connectivity index (χ0v) is 12.1. The van der Waals surface area contributed by atoms with Crippen molar-refractivity contribution in [1.29, 1.82) is 0 Å². The smallest absolute Gasteiger partial charge is 0.180 e. The van der Waals surface area contributed by atoms with Crippen molar-refractivity contribution < 1.29 is 9.47 Å². The maximum Gasteiger partial charge on any atom is 0.180 e. The molecule has 2 rings (SSSR count). The van der Waals surface area contributed by atoms with Crippen molar-refractivity contribution >= 4 is 22.9 Å². The Labute approximate surface area is 121 Å². The van der Waals surface area contributed by atoms with Crippen molar-refractivity contribution in [3.63, 3.8) is 0 Å². The molecule has 0 atom stereocenters. The Morgan fingerprint density at radius 3 is 2.89 bits per heavy atom. The van der Waals surface area contributed by atoms with E-state index in [0.717, 1.165) is 17.0 Å². The van der Waals surface area contributed by atoms with Gasteiger partial charge in [-0.2, -0.15) is 0 Å². The van der Waals surface area contributed by atoms with Gasteiger partial charge in [0.2, 0.25) is 0 Å². The highest BCUT2D eigenvalue weighted by Gasteiger charge is 2.12. The number of hydrogen-bond donors (Lipinski definition) is 1. The second-order valence-corrected chi connectivity index (χ2v) is 5.25. The molecule has 0 radical (unpaired) electrons. The van der Waals surface area contributed by atoms with Gasteiger partial charge in [-0.25, -0.2) is 4.98 Å². The third-order valence-corrected chi connectivity index (χ3v) is 3.58. The highest BCUT2D eigenvalue weighted by molar-refractivity contribution is 7.09. The molecule has 0 amide bonds. The molecule has 2 N–H and O–H groups in total. The summed E-state index contributed by atoms with van der Waals surface area (Å²) in [6.07, 6.45) is 2.50. The summed E-state index contributed by atoms with van der Waals surface area (Å²) in [6, 6.07) is 3.75. The topological polar surface area (TPSA) is 57.4 Å². The number of aromatic nitrogens is 1. The summed E-state index contributed by atoms with van der Waals surface area (Å²) < 4.78 is 11.0. The average molecular weight is 299 g/mol. The molecule has 0 saturated heterocycles. The molecule has 1 heterocycles. The van der Waals surface area contributed by atoms with Gasteiger partial charge in [-0.3, -0.25) is 0 Å². The fourth-order valence-corrected chi connectivity index (χ4v) is 2.50. The van der Waals surface area contributed by atoms with Crippen LogP contribution in [0.25, 0.3) is 0 Å². The third kappa shape index (κ3) is 3.59. The minimum absolute atomic E-state index is 0.379. The van der Waals surface area contributed by atoms with Gasteiger partial charge in [0.05, 0.1) is 12.1 Å². The number of halogens is 1. The van der Waals surface area contributed by atoms with Gasteiger partial charge in [-0.15, -0.1) is 11.3 Å². The summed E-state index contributed by atoms with van der Waals surface area (Å²) in [5.41, 5.74) is 6.57. The second kappa shape index (κ2) is 6.75. The minimum atomic E-state index is 0.379. The Balaban J connectivity index is 2.18. The summed E-state index contributed by atoms with van der Waals surface area (Å²) in [5, 5.41) is 3.32. The molecule has 2 aromatic rings. The van der Waals surface area contributed by atoms with E-state index in [1.54, 1.807) is 13.3 Å². The summed E-state index contributed by atoms with van der Waals surface area (Å²) in [4.78, 5) is 4.16. The number of ether oxygens (including phenoxy) is 2. The van der Waals surface area contributed by atoms with Crippen LogP contribution in [0, 0.1) is 0 Å². The van der Waals surface area contributed by atoms with E-state index in [2.05, 4.69) is 4.98 Å². The van der Waals surface area contributed by atoms with Crippen LogP contribution >= 0.6 is 22.9 Å². The van der Waals surface area contributed by atoms with Gasteiger partial charge in [0.1, 0.15) is 11.6 Å². The minimum Gasteiger partial charge on any atom is -0.493 e. The van der Waals surface area contributed by atoms with E-state index in [0.29, 0.717) is 29.7 Å². The summed E-state index contributed by atoms with van der Waals surface area (Å²) in [5.74, 6) is 1.16. The molecular weight excluding hydrogens is 284 g/mol. The van der Waals surface area contributed by atoms with Gasteiger partial charge in [0.25, 0.3) is 0 Å². The quantitative estimate of drug-likeness (QED) is 0.891. The molecule has 0 spiro atoms. The fourth-order valence-electron chi connectivity index (χ4n) is 1.68. The number of nitrogens with two attached hydrogens (primary N) is 1. The number of methoxy groups -OCH3 is 1. The first-order valence-electron chi connectivity index (χ1n) is 5.82. The molecule has 0 saturated carbocycles. The lowest BCUT2D eigenvalue weighted by atomic mass is 10.1. The molecule has 1 aromatic heterocycles. The van der Waals surface area contributed by atoms with Crippen molar-refractivity contribution in [1.82, 2.24) is 4.98 Å². The lowest BCUT2D eigenvalue weighted by Gasteiger charge is -2.13. The van der Waals surface area contributed by atoms with Crippen molar-refractivity contribution in [2.24, 2.45) is 5.73 Å². The van der Waals surface area contributed by atoms with Crippen LogP contribution in [0.4, 0.5) is 0 Å². The Kier molecular flexibility index (Phi) is 5.01. The maximum absolute atomic E-state index is 6.23. The van der Waals surface area contributed by atoms with Gasteiger partial charge >= 0.3 is 0 Å². The molecule has 6 heteroatoms. The number of thiazole rings is 1. The van der Waals surface area contributed by atoms with Gasteiger partial charge in [0, 0.05) is 11.6 Å². The normalized spacial score (nSPS) is 10.5. The van der Waals surface area contributed by atoms with Crippen molar-refractivity contribution in [2.45, 2.75) is 13.0 Å². The van der Waals surface area contributed by atoms with E-state index in [9.17, 15) is 0 Å². The molecule has 102 valence electrons. The van der Waals surface area contributed by atoms with Gasteiger partial charge in [-0.05, 0) is 30.7 Å². The average Bonchev–Trinajstić information content (AvgIpc) is 2.90. The van der Waals surface area contributed by atoms with Crippen molar-refractivity contribution in [3.05, 3.63) is 39.3 Å². The van der Waals surface area contributed by atoms with E-state index in [1.165, 1.54) is 11.3 Å². The Morgan fingerprint density at radius 2 is 2.26 bits per heavy atom. The first-order chi connectivity index (χ1) is 9.24. The lowest BCUT2D eigenvalue weighted by Crippen LogP contribution is -2.04. The summed E-state index contributed by atoms with van der Waals surface area (Å²) >= 11 is 7.76. The first-order valence-corrected chi connectivity index (χ1v) is 7.08. The second-order valence-electron chi connectivity index (χ2n) is 3.86. The highest BCUT2D eigenvalue weighted by atomic mass is 35.5. The van der Waals surface area contributed by atoms with E-state index in [1.807, 2.05) is 17.5 Å². The lowest BCUT2D eigenvalue weighted by molar-refractivity contribution is 0.284. The first kappa shape index (κ1) is 14.1. The number of benzene rings is 1. The molecule has 0 unspecified atom stereocenters. The van der Waals surface area contributed by atoms with Crippen LogP contribution in [0.15, 0.2) is 23.7 Å². The van der Waals surface area contributed by atoms with E-state index in [4.69, 9.17) is 26.8 Å². The van der Waals surface area contributed by atoms with Gasteiger partial charge < -0.3 is 15.2 Å². The largest absolute Gasteiger partial charge is 0.493 e. The highest BCUT2D eigenvalue weighted by Crippen LogP contribution is 2.37. The van der Waals surface area contributed by atoms with Crippen LogP contribution < -0.4 is 15.2 Å². The molecular formula is C13H15ClN2O2S. The van der Waals surface area contributed by atoms with Crippen LogP contribution in [0.5, 0.6) is 11.5 Å². The molecule has 4 nitrogen and oxygen atoms in total. The van der Waals surface area contributed by atoms with Gasteiger partial charge in [0.15, 0.2) is 11.5 Å². The zero-order chi connectivity index (χ0) is 13.7. The molecule has 1 aromatic carbocycles. The zero-order valence-electron chi connectivity index (χ0n) is 10.6. The molecule has 19 heavy (non-hydrogen) atoms. The standard InChI is InChI=1S/C13H15ClN2O2S/c1-17-11-7-9(2-3-15)6-10(14)13(11)18-8-12-16-4-5-19-12/h4-7H,2-3,8,15H2,1H3. The number of hydrogen-bond acceptors (Lipinski definition) is 5. The summed E-state index contributed by atoms with van der Waals surface area (Å²) in [7, 11) is 1.59. The van der Waals surface area contributed by atoms with Crippen LogP contribution in [0.1, 0.15) is 10.6 Å². The molecule has 0 bridgehead atoms. The fraction of sp³-hybridized carbons (Fsp3) is 0.308. The Hall–Kier alpha value is -1.30. The van der Waals surface area contributed by atoms with Crippen LogP contribution in [0.2, 0.25) is 5.02 Å².